The Morgan fingerprint density at radius 2 is 1.39 bits per heavy atom. The first kappa shape index (κ1) is 33.7. The van der Waals surface area contributed by atoms with Crippen LogP contribution in [-0.2, 0) is 11.8 Å². The van der Waals surface area contributed by atoms with Crippen LogP contribution in [0.15, 0.2) is 39.3 Å². The molecule has 0 aliphatic carbocycles. The number of ether oxygens (including phenoxy) is 1. The van der Waals surface area contributed by atoms with Crippen LogP contribution in [0.25, 0.3) is 0 Å². The van der Waals surface area contributed by atoms with Crippen molar-refractivity contribution < 1.29 is 14.6 Å². The number of nitrogens with zero attached hydrogens (tertiary/aromatic N) is 4. The summed E-state index contributed by atoms with van der Waals surface area (Å²) in [5.74, 6) is -0.890. The van der Waals surface area contributed by atoms with E-state index in [0.717, 1.165) is 23.8 Å². The molecule has 0 aliphatic heterocycles. The molecule has 0 atom stereocenters. The van der Waals surface area contributed by atoms with Crippen LogP contribution in [-0.4, -0.2) is 22.2 Å². The van der Waals surface area contributed by atoms with Crippen LogP contribution in [0.3, 0.4) is 0 Å². The Labute approximate surface area is 245 Å². The normalized spacial score (nSPS) is 11.2. The van der Waals surface area contributed by atoms with Gasteiger partial charge >= 0.3 is 5.97 Å². The highest BCUT2D eigenvalue weighted by Gasteiger charge is 2.18. The van der Waals surface area contributed by atoms with Crippen LogP contribution in [0.2, 0.25) is 0 Å². The maximum atomic E-state index is 12.7. The lowest BCUT2D eigenvalue weighted by atomic mass is 10.0. The van der Waals surface area contributed by atoms with Gasteiger partial charge in [-0.05, 0) is 25.5 Å². The number of benzene rings is 1. The van der Waals surface area contributed by atoms with E-state index in [4.69, 9.17) is 4.74 Å². The lowest BCUT2D eigenvalue weighted by molar-refractivity contribution is 0.0498. The minimum absolute atomic E-state index is 0.0000124. The van der Waals surface area contributed by atoms with Crippen LogP contribution in [0.1, 0.15) is 131 Å². The topological polar surface area (TPSA) is 117 Å². The van der Waals surface area contributed by atoms with Gasteiger partial charge in [0.2, 0.25) is 5.88 Å². The van der Waals surface area contributed by atoms with Gasteiger partial charge in [-0.25, -0.2) is 4.79 Å². The second-order valence-corrected chi connectivity index (χ2v) is 10.8. The van der Waals surface area contributed by atoms with Gasteiger partial charge in [0.25, 0.3) is 5.56 Å². The van der Waals surface area contributed by atoms with Crippen molar-refractivity contribution in [2.45, 2.75) is 117 Å². The summed E-state index contributed by atoms with van der Waals surface area (Å²) >= 11 is 0. The fraction of sp³-hybridized carbons (Fsp3) is 0.606. The highest BCUT2D eigenvalue weighted by Crippen LogP contribution is 2.32. The van der Waals surface area contributed by atoms with Crippen molar-refractivity contribution in [3.63, 3.8) is 0 Å². The van der Waals surface area contributed by atoms with Crippen molar-refractivity contribution in [3.8, 4) is 11.9 Å². The fourth-order valence-electron chi connectivity index (χ4n) is 4.85. The van der Waals surface area contributed by atoms with Crippen LogP contribution >= 0.6 is 0 Å². The number of carbonyl (C=O) groups excluding carboxylic acids is 1. The molecule has 0 bridgehead atoms. The van der Waals surface area contributed by atoms with Crippen molar-refractivity contribution in [2.24, 2.45) is 17.3 Å². The third kappa shape index (κ3) is 11.5. The van der Waals surface area contributed by atoms with Gasteiger partial charge in [-0.1, -0.05) is 115 Å². The summed E-state index contributed by atoms with van der Waals surface area (Å²) in [4.78, 5) is 24.9. The zero-order valence-corrected chi connectivity index (χ0v) is 25.3. The summed E-state index contributed by atoms with van der Waals surface area (Å²) in [6.07, 6.45) is 20.6. The molecule has 1 aromatic heterocycles. The highest BCUT2D eigenvalue weighted by atomic mass is 16.5. The number of rotatable bonds is 20. The standard InChI is InChI=1S/C33H48N4O4/c1-4-5-6-7-8-9-10-11-12-13-14-15-16-17-18-21-24-41-33(40)27-22-19-20-23-29(27)35-36-30-26(2)28(25-34)31(38)37(3)32(30)39/h19-20,22-23,39H,4-18,21,24H2,1-3H3/b36-35+. The Morgan fingerprint density at radius 3 is 1.93 bits per heavy atom. The molecule has 1 N–H and O–H groups in total. The SMILES string of the molecule is CCCCCCCCCCCCCCCCCCOC(=O)c1ccccc1/N=N/c1c(C)c(C#N)c(=O)n(C)c1O. The molecular weight excluding hydrogens is 516 g/mol. The molecule has 0 amide bonds. The van der Waals surface area contributed by atoms with E-state index in [1.165, 1.54) is 97.4 Å². The lowest BCUT2D eigenvalue weighted by Gasteiger charge is -2.09. The molecule has 2 rings (SSSR count). The number of aromatic nitrogens is 1. The van der Waals surface area contributed by atoms with Gasteiger partial charge in [0.05, 0.1) is 12.2 Å². The monoisotopic (exact) mass is 564 g/mol. The number of pyridine rings is 1. The molecule has 1 heterocycles. The first-order valence-electron chi connectivity index (χ1n) is 15.4. The molecule has 0 saturated heterocycles. The number of unbranched alkanes of at least 4 members (excludes halogenated alkanes) is 15. The first-order valence-corrected chi connectivity index (χ1v) is 15.4. The average molecular weight is 565 g/mol. The predicted octanol–water partition coefficient (Wildman–Crippen LogP) is 9.10. The van der Waals surface area contributed by atoms with E-state index in [-0.39, 0.29) is 28.1 Å². The summed E-state index contributed by atoms with van der Waals surface area (Å²) < 4.78 is 6.42. The molecule has 0 saturated carbocycles. The van der Waals surface area contributed by atoms with Crippen molar-refractivity contribution in [2.75, 3.05) is 6.61 Å². The van der Waals surface area contributed by atoms with E-state index < -0.39 is 17.4 Å². The second-order valence-electron chi connectivity index (χ2n) is 10.8. The lowest BCUT2D eigenvalue weighted by Crippen LogP contribution is -2.20. The average Bonchev–Trinajstić information content (AvgIpc) is 2.98. The first-order chi connectivity index (χ1) is 19.9. The summed E-state index contributed by atoms with van der Waals surface area (Å²) in [6.45, 7) is 4.13. The van der Waals surface area contributed by atoms with E-state index in [9.17, 15) is 20.0 Å². The maximum Gasteiger partial charge on any atom is 0.340 e. The number of hydrogen-bond donors (Lipinski definition) is 1. The predicted molar refractivity (Wildman–Crippen MR) is 163 cm³/mol. The van der Waals surface area contributed by atoms with Gasteiger partial charge in [-0.15, -0.1) is 10.2 Å². The van der Waals surface area contributed by atoms with Crippen molar-refractivity contribution >= 4 is 17.3 Å². The smallest absolute Gasteiger partial charge is 0.340 e. The quantitative estimate of drug-likeness (QED) is 0.0977. The minimum atomic E-state index is -0.612. The Balaban J connectivity index is 1.67. The number of nitriles is 1. The third-order valence-electron chi connectivity index (χ3n) is 7.50. The van der Waals surface area contributed by atoms with E-state index in [1.54, 1.807) is 24.3 Å². The van der Waals surface area contributed by atoms with Crippen LogP contribution in [0.4, 0.5) is 11.4 Å². The van der Waals surface area contributed by atoms with Crippen molar-refractivity contribution in [1.29, 1.82) is 5.26 Å². The Morgan fingerprint density at radius 1 is 0.878 bits per heavy atom. The van der Waals surface area contributed by atoms with Crippen LogP contribution < -0.4 is 5.56 Å². The summed E-state index contributed by atoms with van der Waals surface area (Å²) in [5.41, 5.74) is 0.0245. The minimum Gasteiger partial charge on any atom is -0.493 e. The molecular formula is C33H48N4O4. The molecule has 0 aliphatic rings. The molecule has 41 heavy (non-hydrogen) atoms. The van der Waals surface area contributed by atoms with Gasteiger partial charge in [0.15, 0.2) is 5.69 Å². The van der Waals surface area contributed by atoms with E-state index in [1.807, 2.05) is 6.07 Å². The molecule has 0 fully saturated rings. The van der Waals surface area contributed by atoms with Crippen molar-refractivity contribution in [3.05, 3.63) is 51.3 Å². The molecule has 0 unspecified atom stereocenters. The van der Waals surface area contributed by atoms with Gasteiger partial charge < -0.3 is 9.84 Å². The zero-order valence-electron chi connectivity index (χ0n) is 25.3. The molecule has 1 aromatic carbocycles. The van der Waals surface area contributed by atoms with Crippen molar-refractivity contribution in [1.82, 2.24) is 4.57 Å². The molecule has 2 aromatic rings. The number of esters is 1. The number of azo groups is 1. The number of carbonyl (C=O) groups is 1. The zero-order chi connectivity index (χ0) is 29.9. The second kappa shape index (κ2) is 19.6. The molecule has 224 valence electrons. The van der Waals surface area contributed by atoms with Gasteiger partial charge in [-0.2, -0.15) is 5.26 Å². The van der Waals surface area contributed by atoms with E-state index >= 15 is 0 Å². The Hall–Kier alpha value is -3.47. The van der Waals surface area contributed by atoms with Gasteiger partial charge in [-0.3, -0.25) is 9.36 Å². The van der Waals surface area contributed by atoms with Gasteiger partial charge in [0, 0.05) is 12.6 Å². The Kier molecular flexibility index (Phi) is 16.1. The number of hydrogen-bond acceptors (Lipinski definition) is 7. The van der Waals surface area contributed by atoms with E-state index in [0.29, 0.717) is 6.61 Å². The maximum absolute atomic E-state index is 12.7. The Bertz CT molecular complexity index is 1210. The summed E-state index contributed by atoms with van der Waals surface area (Å²) in [7, 11) is 1.35. The number of aromatic hydroxyl groups is 1. The van der Waals surface area contributed by atoms with Crippen LogP contribution in [0.5, 0.6) is 5.88 Å². The molecule has 8 nitrogen and oxygen atoms in total. The molecule has 0 spiro atoms. The van der Waals surface area contributed by atoms with Gasteiger partial charge in [0.1, 0.15) is 17.3 Å². The molecule has 8 heteroatoms. The summed E-state index contributed by atoms with van der Waals surface area (Å²) in [5, 5.41) is 27.9. The largest absolute Gasteiger partial charge is 0.493 e. The van der Waals surface area contributed by atoms with Crippen LogP contribution in [0, 0.1) is 18.3 Å². The third-order valence-corrected chi connectivity index (χ3v) is 7.50. The van der Waals surface area contributed by atoms with E-state index in [2.05, 4.69) is 17.2 Å². The summed E-state index contributed by atoms with van der Waals surface area (Å²) in [6, 6.07) is 8.51. The molecule has 0 radical (unpaired) electrons. The highest BCUT2D eigenvalue weighted by molar-refractivity contribution is 5.94. The fourth-order valence-corrected chi connectivity index (χ4v) is 4.85.